The molecule has 0 radical (unpaired) electrons. The zero-order chi connectivity index (χ0) is 13.3. The predicted octanol–water partition coefficient (Wildman–Crippen LogP) is 4.12. The summed E-state index contributed by atoms with van der Waals surface area (Å²) in [6.07, 6.45) is 4.85. The fraction of sp³-hybridized carbons (Fsp3) is 0.500. The summed E-state index contributed by atoms with van der Waals surface area (Å²) >= 11 is 3.57. The first kappa shape index (κ1) is 13.4. The van der Waals surface area contributed by atoms with Crippen LogP contribution in [0.5, 0.6) is 0 Å². The van der Waals surface area contributed by atoms with Gasteiger partial charge in [0.2, 0.25) is 0 Å². The third-order valence-electron chi connectivity index (χ3n) is 3.64. The number of carboxylic acids is 1. The number of halogens is 1. The molecule has 98 valence electrons. The number of carbonyl (C=O) groups is 1. The van der Waals surface area contributed by atoms with Gasteiger partial charge in [-0.15, -0.1) is 0 Å². The number of hydrogen-bond acceptors (Lipinski definition) is 2. The molecular formula is C14H18BrNO2. The van der Waals surface area contributed by atoms with E-state index in [1.54, 1.807) is 6.07 Å². The van der Waals surface area contributed by atoms with Crippen molar-refractivity contribution in [3.63, 3.8) is 0 Å². The van der Waals surface area contributed by atoms with E-state index in [1.807, 2.05) is 13.8 Å². The summed E-state index contributed by atoms with van der Waals surface area (Å²) in [6, 6.07) is 2.20. The van der Waals surface area contributed by atoms with Crippen molar-refractivity contribution in [2.45, 2.75) is 45.6 Å². The Hall–Kier alpha value is -1.03. The van der Waals surface area contributed by atoms with Crippen LogP contribution in [-0.4, -0.2) is 17.1 Å². The lowest BCUT2D eigenvalue weighted by Crippen LogP contribution is -2.17. The van der Waals surface area contributed by atoms with Gasteiger partial charge < -0.3 is 10.4 Å². The first-order chi connectivity index (χ1) is 8.50. The van der Waals surface area contributed by atoms with Gasteiger partial charge in [-0.2, -0.15) is 0 Å². The average molecular weight is 312 g/mol. The molecule has 0 aliphatic heterocycles. The molecule has 1 aliphatic rings. The summed E-state index contributed by atoms with van der Waals surface area (Å²) in [6.45, 7) is 3.79. The van der Waals surface area contributed by atoms with Crippen LogP contribution < -0.4 is 5.32 Å². The molecule has 0 unspecified atom stereocenters. The lowest BCUT2D eigenvalue weighted by atomic mass is 10.0. The molecule has 0 saturated heterocycles. The number of benzene rings is 1. The molecule has 2 rings (SSSR count). The highest BCUT2D eigenvalue weighted by atomic mass is 79.9. The molecule has 2 N–H and O–H groups in total. The largest absolute Gasteiger partial charge is 0.478 e. The van der Waals surface area contributed by atoms with Crippen molar-refractivity contribution >= 4 is 27.6 Å². The Kier molecular flexibility index (Phi) is 3.95. The van der Waals surface area contributed by atoms with Gasteiger partial charge in [0.05, 0.1) is 11.3 Å². The molecule has 1 fully saturated rings. The molecule has 1 saturated carbocycles. The van der Waals surface area contributed by atoms with Crippen molar-refractivity contribution in [1.82, 2.24) is 0 Å². The van der Waals surface area contributed by atoms with Crippen molar-refractivity contribution in [2.75, 3.05) is 5.32 Å². The summed E-state index contributed by atoms with van der Waals surface area (Å²) in [5, 5.41) is 12.7. The average Bonchev–Trinajstić information content (AvgIpc) is 2.81. The van der Waals surface area contributed by atoms with Gasteiger partial charge in [-0.05, 0) is 59.8 Å². The highest BCUT2D eigenvalue weighted by molar-refractivity contribution is 9.10. The van der Waals surface area contributed by atoms with Gasteiger partial charge in [-0.25, -0.2) is 4.79 Å². The Balaban J connectivity index is 2.40. The number of carboxylic acid groups (broad SMARTS) is 1. The summed E-state index contributed by atoms with van der Waals surface area (Å²) in [5.41, 5.74) is 3.10. The van der Waals surface area contributed by atoms with E-state index < -0.39 is 5.97 Å². The standard InChI is InChI=1S/C14H18BrNO2/c1-8-7-11(14(17)18)9(2)13(12(8)15)16-10-5-3-4-6-10/h7,10,16H,3-6H2,1-2H3,(H,17,18). The maximum Gasteiger partial charge on any atom is 0.336 e. The smallest absolute Gasteiger partial charge is 0.336 e. The van der Waals surface area contributed by atoms with Gasteiger partial charge in [0, 0.05) is 10.5 Å². The van der Waals surface area contributed by atoms with Crippen LogP contribution in [0.4, 0.5) is 5.69 Å². The van der Waals surface area contributed by atoms with Gasteiger partial charge in [0.25, 0.3) is 0 Å². The third kappa shape index (κ3) is 2.53. The van der Waals surface area contributed by atoms with E-state index in [0.717, 1.165) is 21.3 Å². The summed E-state index contributed by atoms with van der Waals surface area (Å²) < 4.78 is 0.983. The Morgan fingerprint density at radius 2 is 2.00 bits per heavy atom. The molecule has 0 bridgehead atoms. The third-order valence-corrected chi connectivity index (χ3v) is 4.66. The molecule has 18 heavy (non-hydrogen) atoms. The van der Waals surface area contributed by atoms with Crippen LogP contribution >= 0.6 is 15.9 Å². The van der Waals surface area contributed by atoms with E-state index in [0.29, 0.717) is 11.6 Å². The number of hydrogen-bond donors (Lipinski definition) is 2. The molecule has 0 spiro atoms. The number of nitrogens with one attached hydrogen (secondary N) is 1. The number of aryl methyl sites for hydroxylation is 1. The Morgan fingerprint density at radius 3 is 2.56 bits per heavy atom. The first-order valence-electron chi connectivity index (χ1n) is 6.30. The lowest BCUT2D eigenvalue weighted by Gasteiger charge is -2.20. The van der Waals surface area contributed by atoms with E-state index in [1.165, 1.54) is 25.7 Å². The summed E-state index contributed by atoms with van der Waals surface area (Å²) in [4.78, 5) is 11.2. The van der Waals surface area contributed by atoms with Crippen molar-refractivity contribution in [3.8, 4) is 0 Å². The van der Waals surface area contributed by atoms with E-state index in [2.05, 4.69) is 21.2 Å². The van der Waals surface area contributed by atoms with E-state index >= 15 is 0 Å². The minimum Gasteiger partial charge on any atom is -0.478 e. The molecule has 1 aromatic rings. The minimum absolute atomic E-state index is 0.385. The summed E-state index contributed by atoms with van der Waals surface area (Å²) in [7, 11) is 0. The fourth-order valence-electron chi connectivity index (χ4n) is 2.55. The molecule has 1 aliphatic carbocycles. The van der Waals surface area contributed by atoms with E-state index in [9.17, 15) is 9.90 Å². The monoisotopic (exact) mass is 311 g/mol. The van der Waals surface area contributed by atoms with E-state index in [4.69, 9.17) is 0 Å². The van der Waals surface area contributed by atoms with Crippen LogP contribution in [0.25, 0.3) is 0 Å². The highest BCUT2D eigenvalue weighted by Crippen LogP contribution is 2.34. The molecule has 1 aromatic carbocycles. The fourth-order valence-corrected chi connectivity index (χ4v) is 3.08. The van der Waals surface area contributed by atoms with Crippen LogP contribution in [0, 0.1) is 13.8 Å². The molecule has 3 nitrogen and oxygen atoms in total. The van der Waals surface area contributed by atoms with Crippen LogP contribution in [0.2, 0.25) is 0 Å². The van der Waals surface area contributed by atoms with Crippen LogP contribution in [-0.2, 0) is 0 Å². The topological polar surface area (TPSA) is 49.3 Å². The normalized spacial score (nSPS) is 15.9. The first-order valence-corrected chi connectivity index (χ1v) is 7.09. The van der Waals surface area contributed by atoms with Gasteiger partial charge in [-0.3, -0.25) is 0 Å². The van der Waals surface area contributed by atoms with E-state index in [-0.39, 0.29) is 0 Å². The number of rotatable bonds is 3. The highest BCUT2D eigenvalue weighted by Gasteiger charge is 2.20. The van der Waals surface area contributed by atoms with Gasteiger partial charge >= 0.3 is 5.97 Å². The number of anilines is 1. The molecule has 0 aromatic heterocycles. The van der Waals surface area contributed by atoms with Crippen LogP contribution in [0.3, 0.4) is 0 Å². The minimum atomic E-state index is -0.863. The van der Waals surface area contributed by atoms with Crippen molar-refractivity contribution in [1.29, 1.82) is 0 Å². The van der Waals surface area contributed by atoms with Gasteiger partial charge in [0.15, 0.2) is 0 Å². The molecule has 0 heterocycles. The van der Waals surface area contributed by atoms with Crippen LogP contribution in [0.15, 0.2) is 10.5 Å². The maximum atomic E-state index is 11.2. The molecule has 0 atom stereocenters. The Bertz CT molecular complexity index is 479. The second-order valence-electron chi connectivity index (χ2n) is 4.99. The SMILES string of the molecule is Cc1cc(C(=O)O)c(C)c(NC2CCCC2)c1Br. The van der Waals surface area contributed by atoms with Crippen LogP contribution in [0.1, 0.15) is 47.2 Å². The van der Waals surface area contributed by atoms with Crippen molar-refractivity contribution in [3.05, 3.63) is 27.2 Å². The summed E-state index contributed by atoms with van der Waals surface area (Å²) in [5.74, 6) is -0.863. The second-order valence-corrected chi connectivity index (χ2v) is 5.78. The molecular weight excluding hydrogens is 294 g/mol. The Morgan fingerprint density at radius 1 is 1.39 bits per heavy atom. The van der Waals surface area contributed by atoms with Crippen molar-refractivity contribution in [2.24, 2.45) is 0 Å². The quantitative estimate of drug-likeness (QED) is 0.882. The van der Waals surface area contributed by atoms with Crippen molar-refractivity contribution < 1.29 is 9.90 Å². The van der Waals surface area contributed by atoms with Gasteiger partial charge in [-0.1, -0.05) is 12.8 Å². The zero-order valence-corrected chi connectivity index (χ0v) is 12.3. The molecule has 0 amide bonds. The maximum absolute atomic E-state index is 11.2. The van der Waals surface area contributed by atoms with Gasteiger partial charge in [0.1, 0.15) is 0 Å². The lowest BCUT2D eigenvalue weighted by molar-refractivity contribution is 0.0696. The zero-order valence-electron chi connectivity index (χ0n) is 10.7. The second kappa shape index (κ2) is 5.31. The predicted molar refractivity (Wildman–Crippen MR) is 76.5 cm³/mol. The number of aromatic carboxylic acids is 1. The Labute approximate surface area is 116 Å². The molecule has 4 heteroatoms.